The van der Waals surface area contributed by atoms with Crippen LogP contribution >= 0.6 is 0 Å². The second-order valence-electron chi connectivity index (χ2n) is 5.98. The van der Waals surface area contributed by atoms with Crippen molar-refractivity contribution >= 4 is 23.5 Å². The standard InChI is InChI=1S/C18H19F3N2O2.C2H2O4/c1-25-14-8-6-13(7-9-14)10-11-22-12-17(24)23-16-5-3-2-4-15(16)18(19,20)21;3-1(4)2(5)6/h2-9,22H,10-12H2,1H3,(H,23,24);(H,3,4)(H,5,6). The molecule has 1 amide bonds. The molecule has 0 radical (unpaired) electrons. The number of carboxylic acid groups (broad SMARTS) is 2. The minimum atomic E-state index is -4.51. The number of aliphatic carboxylic acids is 2. The molecule has 0 heterocycles. The lowest BCUT2D eigenvalue weighted by Crippen LogP contribution is -2.30. The van der Waals surface area contributed by atoms with Crippen LogP contribution in [-0.2, 0) is 27.0 Å². The van der Waals surface area contributed by atoms with Crippen molar-refractivity contribution in [2.24, 2.45) is 0 Å². The van der Waals surface area contributed by atoms with Gasteiger partial charge in [0, 0.05) is 0 Å². The number of amides is 1. The summed E-state index contributed by atoms with van der Waals surface area (Å²) in [6, 6.07) is 12.4. The van der Waals surface area contributed by atoms with Crippen LogP contribution in [0.1, 0.15) is 11.1 Å². The molecule has 2 aromatic carbocycles. The maximum absolute atomic E-state index is 12.9. The Balaban J connectivity index is 0.000000703. The van der Waals surface area contributed by atoms with E-state index >= 15 is 0 Å². The largest absolute Gasteiger partial charge is 0.497 e. The topological polar surface area (TPSA) is 125 Å². The number of alkyl halides is 3. The number of carboxylic acids is 2. The SMILES string of the molecule is COc1ccc(CCNCC(=O)Nc2ccccc2C(F)(F)F)cc1.O=C(O)C(=O)O. The van der Waals surface area contributed by atoms with Crippen molar-refractivity contribution in [1.29, 1.82) is 0 Å². The molecule has 31 heavy (non-hydrogen) atoms. The fraction of sp³-hybridized carbons (Fsp3) is 0.250. The van der Waals surface area contributed by atoms with Crippen LogP contribution in [0.2, 0.25) is 0 Å². The molecule has 0 saturated carbocycles. The lowest BCUT2D eigenvalue weighted by Gasteiger charge is -2.13. The van der Waals surface area contributed by atoms with E-state index in [1.807, 2.05) is 24.3 Å². The summed E-state index contributed by atoms with van der Waals surface area (Å²) in [5.41, 5.74) is -0.0327. The molecule has 0 bridgehead atoms. The maximum atomic E-state index is 12.9. The molecule has 0 aliphatic heterocycles. The number of ether oxygens (including phenoxy) is 1. The number of hydrogen-bond acceptors (Lipinski definition) is 5. The number of methoxy groups -OCH3 is 1. The molecule has 2 aromatic rings. The Labute approximate surface area is 175 Å². The molecule has 168 valence electrons. The van der Waals surface area contributed by atoms with Crippen LogP contribution in [0.3, 0.4) is 0 Å². The summed E-state index contributed by atoms with van der Waals surface area (Å²) in [7, 11) is 1.59. The third-order valence-corrected chi connectivity index (χ3v) is 3.72. The summed E-state index contributed by atoms with van der Waals surface area (Å²) in [4.78, 5) is 30.0. The first kappa shape index (κ1) is 25.4. The Morgan fingerprint density at radius 1 is 0.968 bits per heavy atom. The van der Waals surface area contributed by atoms with Gasteiger partial charge in [0.1, 0.15) is 5.75 Å². The van der Waals surface area contributed by atoms with Gasteiger partial charge in [-0.2, -0.15) is 13.2 Å². The van der Waals surface area contributed by atoms with Gasteiger partial charge in [-0.3, -0.25) is 4.79 Å². The first-order valence-electron chi connectivity index (χ1n) is 8.80. The molecule has 0 atom stereocenters. The van der Waals surface area contributed by atoms with E-state index in [9.17, 15) is 18.0 Å². The highest BCUT2D eigenvalue weighted by Crippen LogP contribution is 2.34. The molecule has 0 unspecified atom stereocenters. The maximum Gasteiger partial charge on any atom is 0.418 e. The fourth-order valence-electron chi connectivity index (χ4n) is 2.26. The van der Waals surface area contributed by atoms with Crippen molar-refractivity contribution in [1.82, 2.24) is 5.32 Å². The highest BCUT2D eigenvalue weighted by Gasteiger charge is 2.33. The van der Waals surface area contributed by atoms with E-state index in [0.29, 0.717) is 13.0 Å². The fourth-order valence-corrected chi connectivity index (χ4v) is 2.26. The molecule has 0 fully saturated rings. The predicted octanol–water partition coefficient (Wildman–Crippen LogP) is 2.64. The summed E-state index contributed by atoms with van der Waals surface area (Å²) in [5.74, 6) is -3.41. The molecule has 0 spiro atoms. The number of carbonyl (C=O) groups excluding carboxylic acids is 1. The summed E-state index contributed by atoms with van der Waals surface area (Å²) in [5, 5.41) is 20.0. The van der Waals surface area contributed by atoms with Crippen LogP contribution in [0.25, 0.3) is 0 Å². The number of anilines is 1. The second kappa shape index (κ2) is 12.2. The van der Waals surface area contributed by atoms with Gasteiger partial charge in [-0.05, 0) is 42.8 Å². The molecule has 0 aromatic heterocycles. The average molecular weight is 442 g/mol. The van der Waals surface area contributed by atoms with Crippen molar-refractivity contribution in [2.75, 3.05) is 25.5 Å². The van der Waals surface area contributed by atoms with Gasteiger partial charge in [0.2, 0.25) is 5.91 Å². The zero-order valence-corrected chi connectivity index (χ0v) is 16.4. The van der Waals surface area contributed by atoms with Crippen molar-refractivity contribution in [2.45, 2.75) is 12.6 Å². The number of halogens is 3. The Morgan fingerprint density at radius 2 is 1.55 bits per heavy atom. The van der Waals surface area contributed by atoms with E-state index in [-0.39, 0.29) is 12.2 Å². The molecule has 0 aliphatic carbocycles. The number of hydrogen-bond donors (Lipinski definition) is 4. The van der Waals surface area contributed by atoms with Crippen molar-refractivity contribution in [3.05, 3.63) is 59.7 Å². The molecular formula is C20H21F3N2O6. The van der Waals surface area contributed by atoms with Gasteiger partial charge in [-0.15, -0.1) is 0 Å². The van der Waals surface area contributed by atoms with Crippen molar-refractivity contribution < 1.29 is 42.5 Å². The third-order valence-electron chi connectivity index (χ3n) is 3.72. The van der Waals surface area contributed by atoms with Crippen LogP contribution in [-0.4, -0.2) is 48.3 Å². The Kier molecular flexibility index (Phi) is 9.99. The number of benzene rings is 2. The lowest BCUT2D eigenvalue weighted by molar-refractivity contribution is -0.159. The Morgan fingerprint density at radius 3 is 2.06 bits per heavy atom. The zero-order valence-electron chi connectivity index (χ0n) is 16.4. The smallest absolute Gasteiger partial charge is 0.418 e. The summed E-state index contributed by atoms with van der Waals surface area (Å²) in [6.07, 6.45) is -3.82. The predicted molar refractivity (Wildman–Crippen MR) is 105 cm³/mol. The lowest BCUT2D eigenvalue weighted by atomic mass is 10.1. The van der Waals surface area contributed by atoms with Gasteiger partial charge in [0.15, 0.2) is 0 Å². The molecule has 8 nitrogen and oxygen atoms in total. The first-order chi connectivity index (χ1) is 14.5. The van der Waals surface area contributed by atoms with Crippen molar-refractivity contribution in [3.63, 3.8) is 0 Å². The Bertz CT molecular complexity index is 873. The van der Waals surface area contributed by atoms with E-state index in [0.717, 1.165) is 17.4 Å². The van der Waals surface area contributed by atoms with Crippen LogP contribution in [0.4, 0.5) is 18.9 Å². The van der Waals surface area contributed by atoms with Crippen LogP contribution in [0.15, 0.2) is 48.5 Å². The highest BCUT2D eigenvalue weighted by atomic mass is 19.4. The van der Waals surface area contributed by atoms with Gasteiger partial charge in [0.05, 0.1) is 24.9 Å². The van der Waals surface area contributed by atoms with E-state index < -0.39 is 29.6 Å². The summed E-state index contributed by atoms with van der Waals surface area (Å²) < 4.78 is 43.7. The minimum Gasteiger partial charge on any atom is -0.497 e. The second-order valence-corrected chi connectivity index (χ2v) is 5.98. The number of carbonyl (C=O) groups is 3. The molecule has 0 saturated heterocycles. The normalized spacial score (nSPS) is 10.5. The van der Waals surface area contributed by atoms with Gasteiger partial charge in [-0.25, -0.2) is 9.59 Å². The Hall–Kier alpha value is -3.60. The quantitative estimate of drug-likeness (QED) is 0.384. The average Bonchev–Trinajstić information content (AvgIpc) is 2.71. The van der Waals surface area contributed by atoms with E-state index in [1.54, 1.807) is 7.11 Å². The number of para-hydroxylation sites is 1. The molecule has 2 rings (SSSR count). The van der Waals surface area contributed by atoms with E-state index in [1.165, 1.54) is 18.2 Å². The van der Waals surface area contributed by atoms with Gasteiger partial charge < -0.3 is 25.6 Å². The molecule has 4 N–H and O–H groups in total. The molecular weight excluding hydrogens is 421 g/mol. The van der Waals surface area contributed by atoms with Crippen LogP contribution in [0.5, 0.6) is 5.75 Å². The number of nitrogens with one attached hydrogen (secondary N) is 2. The monoisotopic (exact) mass is 442 g/mol. The first-order valence-corrected chi connectivity index (χ1v) is 8.80. The zero-order chi connectivity index (χ0) is 23.4. The third kappa shape index (κ3) is 9.63. The van der Waals surface area contributed by atoms with Crippen LogP contribution in [0, 0.1) is 0 Å². The van der Waals surface area contributed by atoms with E-state index in [2.05, 4.69) is 10.6 Å². The molecule has 0 aliphatic rings. The van der Waals surface area contributed by atoms with Gasteiger partial charge in [-0.1, -0.05) is 24.3 Å². The minimum absolute atomic E-state index is 0.0671. The van der Waals surface area contributed by atoms with E-state index in [4.69, 9.17) is 24.5 Å². The highest BCUT2D eigenvalue weighted by molar-refractivity contribution is 6.27. The van der Waals surface area contributed by atoms with Crippen molar-refractivity contribution in [3.8, 4) is 5.75 Å². The summed E-state index contributed by atoms with van der Waals surface area (Å²) in [6.45, 7) is 0.461. The molecule has 11 heteroatoms. The van der Waals surface area contributed by atoms with Gasteiger partial charge >= 0.3 is 18.1 Å². The summed E-state index contributed by atoms with van der Waals surface area (Å²) >= 11 is 0. The van der Waals surface area contributed by atoms with Crippen LogP contribution < -0.4 is 15.4 Å². The number of rotatable bonds is 7. The van der Waals surface area contributed by atoms with Gasteiger partial charge in [0.25, 0.3) is 0 Å².